The van der Waals surface area contributed by atoms with Crippen molar-refractivity contribution >= 4 is 10.9 Å². The van der Waals surface area contributed by atoms with E-state index in [1.807, 2.05) is 0 Å². The molecular formula is C22H32N2. The minimum Gasteiger partial charge on any atom is -0.358 e. The van der Waals surface area contributed by atoms with E-state index in [9.17, 15) is 0 Å². The number of aromatic amines is 1. The van der Waals surface area contributed by atoms with Gasteiger partial charge in [-0.05, 0) is 75.5 Å². The Hall–Kier alpha value is -1.28. The predicted molar refractivity (Wildman–Crippen MR) is 103 cm³/mol. The van der Waals surface area contributed by atoms with Gasteiger partial charge in [-0.25, -0.2) is 0 Å². The van der Waals surface area contributed by atoms with Crippen LogP contribution in [0.25, 0.3) is 10.9 Å². The van der Waals surface area contributed by atoms with Crippen molar-refractivity contribution in [3.05, 3.63) is 35.0 Å². The Morgan fingerprint density at radius 3 is 2.75 bits per heavy atom. The van der Waals surface area contributed by atoms with E-state index in [-0.39, 0.29) is 0 Å². The molecule has 1 saturated carbocycles. The van der Waals surface area contributed by atoms with Crippen molar-refractivity contribution in [2.75, 3.05) is 6.54 Å². The predicted octanol–water partition coefficient (Wildman–Crippen LogP) is 5.45. The van der Waals surface area contributed by atoms with Crippen LogP contribution in [0.5, 0.6) is 0 Å². The van der Waals surface area contributed by atoms with Crippen molar-refractivity contribution in [3.8, 4) is 0 Å². The van der Waals surface area contributed by atoms with Crippen molar-refractivity contribution < 1.29 is 0 Å². The van der Waals surface area contributed by atoms with Crippen LogP contribution < -0.4 is 5.32 Å². The first kappa shape index (κ1) is 16.2. The van der Waals surface area contributed by atoms with Gasteiger partial charge in [-0.2, -0.15) is 0 Å². The number of fused-ring (bicyclic) bond motifs is 3. The number of hydrogen-bond acceptors (Lipinski definition) is 1. The molecular weight excluding hydrogens is 292 g/mol. The molecule has 2 N–H and O–H groups in total. The summed E-state index contributed by atoms with van der Waals surface area (Å²) in [4.78, 5) is 3.76. The van der Waals surface area contributed by atoms with Crippen LogP contribution in [0.4, 0.5) is 0 Å². The first-order valence-corrected chi connectivity index (χ1v) is 10.1. The van der Waals surface area contributed by atoms with E-state index in [4.69, 9.17) is 0 Å². The number of aromatic nitrogens is 1. The van der Waals surface area contributed by atoms with E-state index in [2.05, 4.69) is 42.3 Å². The number of H-pyrrole nitrogens is 1. The second kappa shape index (κ2) is 6.92. The van der Waals surface area contributed by atoms with Gasteiger partial charge in [0, 0.05) is 35.1 Å². The van der Waals surface area contributed by atoms with Crippen LogP contribution in [-0.2, 0) is 6.42 Å². The summed E-state index contributed by atoms with van der Waals surface area (Å²) in [5, 5.41) is 5.38. The summed E-state index contributed by atoms with van der Waals surface area (Å²) in [5.74, 6) is 1.66. The number of benzene rings is 1. The average molecular weight is 325 g/mol. The fourth-order valence-corrected chi connectivity index (χ4v) is 4.96. The van der Waals surface area contributed by atoms with Crippen LogP contribution in [-0.4, -0.2) is 17.6 Å². The molecule has 0 saturated heterocycles. The van der Waals surface area contributed by atoms with Crippen molar-refractivity contribution in [2.24, 2.45) is 5.92 Å². The minimum atomic E-state index is 0.672. The molecule has 1 fully saturated rings. The van der Waals surface area contributed by atoms with Gasteiger partial charge in [0.1, 0.15) is 0 Å². The van der Waals surface area contributed by atoms with E-state index in [0.717, 1.165) is 18.5 Å². The van der Waals surface area contributed by atoms with Crippen LogP contribution >= 0.6 is 0 Å². The quantitative estimate of drug-likeness (QED) is 0.768. The molecule has 2 aromatic rings. The molecule has 0 amide bonds. The van der Waals surface area contributed by atoms with Gasteiger partial charge >= 0.3 is 0 Å². The third kappa shape index (κ3) is 3.13. The summed E-state index contributed by atoms with van der Waals surface area (Å²) in [7, 11) is 0. The van der Waals surface area contributed by atoms with Gasteiger partial charge in [0.15, 0.2) is 0 Å². The van der Waals surface area contributed by atoms with Gasteiger partial charge in [0.25, 0.3) is 0 Å². The topological polar surface area (TPSA) is 27.8 Å². The van der Waals surface area contributed by atoms with E-state index >= 15 is 0 Å². The number of nitrogens with one attached hydrogen (secondary N) is 2. The van der Waals surface area contributed by atoms with E-state index in [0.29, 0.717) is 5.92 Å². The monoisotopic (exact) mass is 324 g/mol. The fraction of sp³-hybridized carbons (Fsp3) is 0.636. The largest absolute Gasteiger partial charge is 0.358 e. The molecule has 0 radical (unpaired) electrons. The zero-order valence-corrected chi connectivity index (χ0v) is 15.3. The Morgan fingerprint density at radius 2 is 1.96 bits per heavy atom. The van der Waals surface area contributed by atoms with Crippen LogP contribution in [0.2, 0.25) is 0 Å². The second-order valence-corrected chi connectivity index (χ2v) is 8.19. The highest BCUT2D eigenvalue weighted by molar-refractivity contribution is 5.85. The standard InChI is InChI=1S/C22H32N2/c1-3-16-8-10-18(11-9-16)23-14-17-5-4-6-19-20-13-15(2)7-12-21(20)24-22(17)19/h7,12-13,16-18,23-24H,3-6,8-11,14H2,1-2H3/t16?,17-,18?/m0/s1. The maximum Gasteiger partial charge on any atom is 0.0459 e. The van der Waals surface area contributed by atoms with Crippen LogP contribution in [0.3, 0.4) is 0 Å². The zero-order valence-electron chi connectivity index (χ0n) is 15.3. The van der Waals surface area contributed by atoms with Gasteiger partial charge in [-0.1, -0.05) is 25.0 Å². The Kier molecular flexibility index (Phi) is 4.67. The highest BCUT2D eigenvalue weighted by Gasteiger charge is 2.26. The first-order valence-electron chi connectivity index (χ1n) is 10.1. The lowest BCUT2D eigenvalue weighted by molar-refractivity contribution is 0.280. The normalized spacial score (nSPS) is 27.3. The molecule has 24 heavy (non-hydrogen) atoms. The van der Waals surface area contributed by atoms with Crippen LogP contribution in [0, 0.1) is 12.8 Å². The van der Waals surface area contributed by atoms with Gasteiger partial charge in [0.05, 0.1) is 0 Å². The Balaban J connectivity index is 1.45. The first-order chi connectivity index (χ1) is 11.7. The smallest absolute Gasteiger partial charge is 0.0459 e. The van der Waals surface area contributed by atoms with E-state index in [1.54, 1.807) is 5.56 Å². The zero-order chi connectivity index (χ0) is 16.5. The molecule has 2 heteroatoms. The molecule has 1 aromatic heterocycles. The Labute approximate surface area is 146 Å². The SMILES string of the molecule is CCC1CCC(NC[C@@H]2CCCc3c2[nH]c2ccc(C)cc32)CC1. The van der Waals surface area contributed by atoms with Gasteiger partial charge < -0.3 is 10.3 Å². The summed E-state index contributed by atoms with van der Waals surface area (Å²) in [6, 6.07) is 7.61. The summed E-state index contributed by atoms with van der Waals surface area (Å²) < 4.78 is 0. The van der Waals surface area contributed by atoms with Crippen molar-refractivity contribution in [2.45, 2.75) is 77.2 Å². The van der Waals surface area contributed by atoms with Crippen molar-refractivity contribution in [1.29, 1.82) is 0 Å². The van der Waals surface area contributed by atoms with Crippen LogP contribution in [0.1, 0.15) is 74.6 Å². The van der Waals surface area contributed by atoms with Crippen LogP contribution in [0.15, 0.2) is 18.2 Å². The molecule has 4 rings (SSSR count). The van der Waals surface area contributed by atoms with Gasteiger partial charge in [-0.3, -0.25) is 0 Å². The molecule has 0 bridgehead atoms. The van der Waals surface area contributed by atoms with Crippen molar-refractivity contribution in [3.63, 3.8) is 0 Å². The molecule has 0 spiro atoms. The van der Waals surface area contributed by atoms with Crippen molar-refractivity contribution in [1.82, 2.24) is 10.3 Å². The lowest BCUT2D eigenvalue weighted by Gasteiger charge is -2.31. The van der Waals surface area contributed by atoms with Gasteiger partial charge in [0.2, 0.25) is 0 Å². The maximum atomic E-state index is 3.91. The average Bonchev–Trinajstić information content (AvgIpc) is 2.99. The highest BCUT2D eigenvalue weighted by atomic mass is 14.9. The maximum absolute atomic E-state index is 3.91. The molecule has 1 atom stereocenters. The lowest BCUT2D eigenvalue weighted by atomic mass is 9.83. The Bertz CT molecular complexity index is 691. The highest BCUT2D eigenvalue weighted by Crippen LogP contribution is 2.36. The molecule has 2 nitrogen and oxygen atoms in total. The number of hydrogen-bond donors (Lipinski definition) is 2. The molecule has 0 unspecified atom stereocenters. The third-order valence-electron chi connectivity index (χ3n) is 6.56. The van der Waals surface area contributed by atoms with E-state index < -0.39 is 0 Å². The summed E-state index contributed by atoms with van der Waals surface area (Å²) in [6.45, 7) is 5.70. The Morgan fingerprint density at radius 1 is 1.12 bits per heavy atom. The molecule has 0 aliphatic heterocycles. The summed E-state index contributed by atoms with van der Waals surface area (Å²) in [5.41, 5.74) is 5.83. The molecule has 2 aliphatic carbocycles. The van der Waals surface area contributed by atoms with Gasteiger partial charge in [-0.15, -0.1) is 0 Å². The number of aryl methyl sites for hydroxylation is 2. The lowest BCUT2D eigenvalue weighted by Crippen LogP contribution is -2.36. The second-order valence-electron chi connectivity index (χ2n) is 8.19. The summed E-state index contributed by atoms with van der Waals surface area (Å²) in [6.07, 6.45) is 10.9. The molecule has 1 aromatic carbocycles. The summed E-state index contributed by atoms with van der Waals surface area (Å²) >= 11 is 0. The third-order valence-corrected chi connectivity index (χ3v) is 6.56. The molecule has 130 valence electrons. The minimum absolute atomic E-state index is 0.672. The number of rotatable bonds is 4. The molecule has 1 heterocycles. The molecule has 2 aliphatic rings. The fourth-order valence-electron chi connectivity index (χ4n) is 4.96. The van der Waals surface area contributed by atoms with E-state index in [1.165, 1.54) is 73.5 Å².